The number of aliphatic hydroxyl groups is 1. The molecule has 7 heteroatoms. The highest BCUT2D eigenvalue weighted by atomic mass is 16.5. The molecule has 0 amide bonds. The molecule has 0 aliphatic rings. The highest BCUT2D eigenvalue weighted by molar-refractivity contribution is 5.99. The normalized spacial score (nSPS) is 10.2. The fourth-order valence-electron chi connectivity index (χ4n) is 1.41. The van der Waals surface area contributed by atoms with Crippen LogP contribution in [0.25, 0.3) is 0 Å². The van der Waals surface area contributed by atoms with E-state index in [1.54, 1.807) is 18.1 Å². The summed E-state index contributed by atoms with van der Waals surface area (Å²) in [4.78, 5) is 1.78. The fourth-order valence-corrected chi connectivity index (χ4v) is 1.41. The van der Waals surface area contributed by atoms with Crippen molar-refractivity contribution in [3.05, 3.63) is 17.8 Å². The number of ether oxygens (including phenoxy) is 1. The summed E-state index contributed by atoms with van der Waals surface area (Å²) < 4.78 is 4.98. The molecule has 1 aromatic heterocycles. The van der Waals surface area contributed by atoms with E-state index in [2.05, 4.69) is 10.2 Å². The van der Waals surface area contributed by atoms with Crippen molar-refractivity contribution in [1.29, 1.82) is 5.41 Å². The number of hydrogen-bond acceptors (Lipinski definition) is 6. The largest absolute Gasteiger partial charge is 0.395 e. The maximum atomic E-state index is 9.01. The van der Waals surface area contributed by atoms with Gasteiger partial charge in [-0.15, -0.1) is 5.10 Å². The monoisotopic (exact) mass is 239 g/mol. The maximum Gasteiger partial charge on any atom is 0.162 e. The molecule has 0 radical (unpaired) electrons. The zero-order valence-electron chi connectivity index (χ0n) is 9.76. The second-order valence-electron chi connectivity index (χ2n) is 3.39. The van der Waals surface area contributed by atoms with E-state index in [9.17, 15) is 0 Å². The van der Waals surface area contributed by atoms with Crippen LogP contribution in [0.15, 0.2) is 12.3 Å². The Morgan fingerprint density at radius 3 is 2.94 bits per heavy atom. The van der Waals surface area contributed by atoms with E-state index in [0.717, 1.165) is 0 Å². The quantitative estimate of drug-likeness (QED) is 0.425. The molecule has 0 spiro atoms. The van der Waals surface area contributed by atoms with Crippen molar-refractivity contribution in [3.63, 3.8) is 0 Å². The van der Waals surface area contributed by atoms with Crippen molar-refractivity contribution in [2.45, 2.75) is 0 Å². The fraction of sp³-hybridized carbons (Fsp3) is 0.500. The Morgan fingerprint density at radius 1 is 1.59 bits per heavy atom. The summed E-state index contributed by atoms with van der Waals surface area (Å²) in [5.41, 5.74) is 5.98. The first-order valence-corrected chi connectivity index (χ1v) is 5.21. The maximum absolute atomic E-state index is 9.01. The number of aliphatic hydroxyl groups excluding tert-OH is 1. The van der Waals surface area contributed by atoms with Crippen LogP contribution in [-0.4, -0.2) is 54.6 Å². The number of nitrogens with zero attached hydrogens (tertiary/aromatic N) is 3. The van der Waals surface area contributed by atoms with Crippen LogP contribution in [0.5, 0.6) is 0 Å². The third-order valence-corrected chi connectivity index (χ3v) is 2.23. The number of nitrogens with two attached hydrogens (primary N) is 1. The Bertz CT molecular complexity index is 371. The topological polar surface area (TPSA) is 108 Å². The average molecular weight is 239 g/mol. The van der Waals surface area contributed by atoms with E-state index in [1.807, 2.05) is 0 Å². The van der Waals surface area contributed by atoms with Gasteiger partial charge in [0.25, 0.3) is 0 Å². The molecule has 17 heavy (non-hydrogen) atoms. The summed E-state index contributed by atoms with van der Waals surface area (Å²) in [5, 5.41) is 24.2. The summed E-state index contributed by atoms with van der Waals surface area (Å²) in [6.45, 7) is 1.42. The van der Waals surface area contributed by atoms with Crippen LogP contribution in [-0.2, 0) is 4.74 Å². The van der Waals surface area contributed by atoms with Gasteiger partial charge in [0.2, 0.25) is 0 Å². The van der Waals surface area contributed by atoms with Gasteiger partial charge in [-0.1, -0.05) is 0 Å². The minimum atomic E-state index is -0.0738. The number of methoxy groups -OCH3 is 1. The molecule has 0 aliphatic heterocycles. The van der Waals surface area contributed by atoms with Gasteiger partial charge in [0, 0.05) is 20.2 Å². The summed E-state index contributed by atoms with van der Waals surface area (Å²) in [7, 11) is 1.60. The Kier molecular flexibility index (Phi) is 5.31. The van der Waals surface area contributed by atoms with Crippen LogP contribution in [0.3, 0.4) is 0 Å². The first kappa shape index (κ1) is 13.3. The lowest BCUT2D eigenvalue weighted by Gasteiger charge is -2.23. The van der Waals surface area contributed by atoms with Gasteiger partial charge >= 0.3 is 0 Å². The molecular formula is C10H17N5O2. The molecule has 0 atom stereocenters. The number of hydrogen-bond donors (Lipinski definition) is 3. The molecule has 0 fully saturated rings. The minimum Gasteiger partial charge on any atom is -0.395 e. The molecule has 1 rings (SSSR count). The van der Waals surface area contributed by atoms with Crippen molar-refractivity contribution < 1.29 is 9.84 Å². The Balaban J connectivity index is 2.95. The predicted molar refractivity (Wildman–Crippen MR) is 64.2 cm³/mol. The SMILES string of the molecule is COCCN(CCO)c1nnccc1C(=N)N. The molecule has 94 valence electrons. The number of anilines is 1. The third kappa shape index (κ3) is 3.65. The highest BCUT2D eigenvalue weighted by Crippen LogP contribution is 2.14. The van der Waals surface area contributed by atoms with E-state index < -0.39 is 0 Å². The van der Waals surface area contributed by atoms with Gasteiger partial charge < -0.3 is 20.5 Å². The van der Waals surface area contributed by atoms with E-state index in [-0.39, 0.29) is 12.4 Å². The van der Waals surface area contributed by atoms with Gasteiger partial charge in [-0.05, 0) is 6.07 Å². The molecule has 0 saturated carbocycles. The predicted octanol–water partition coefficient (Wildman–Crippen LogP) is -0.794. The number of nitrogen functional groups attached to an aromatic ring is 1. The summed E-state index contributed by atoms with van der Waals surface area (Å²) in [6, 6.07) is 1.63. The van der Waals surface area contributed by atoms with E-state index >= 15 is 0 Å². The van der Waals surface area contributed by atoms with Crippen molar-refractivity contribution >= 4 is 11.7 Å². The van der Waals surface area contributed by atoms with Crippen LogP contribution in [0.2, 0.25) is 0 Å². The van der Waals surface area contributed by atoms with Crippen molar-refractivity contribution in [3.8, 4) is 0 Å². The van der Waals surface area contributed by atoms with Gasteiger partial charge in [0.1, 0.15) is 5.84 Å². The molecule has 1 aromatic rings. The number of amidine groups is 1. The molecule has 7 nitrogen and oxygen atoms in total. The number of aromatic nitrogens is 2. The lowest BCUT2D eigenvalue weighted by Crippen LogP contribution is -2.33. The average Bonchev–Trinajstić information content (AvgIpc) is 2.34. The molecule has 0 bridgehead atoms. The Morgan fingerprint density at radius 2 is 2.35 bits per heavy atom. The summed E-state index contributed by atoms with van der Waals surface area (Å²) in [6.07, 6.45) is 1.48. The van der Waals surface area contributed by atoms with Crippen LogP contribution >= 0.6 is 0 Å². The zero-order chi connectivity index (χ0) is 12.7. The lowest BCUT2D eigenvalue weighted by atomic mass is 10.2. The Hall–Kier alpha value is -1.73. The second kappa shape index (κ2) is 6.77. The van der Waals surface area contributed by atoms with Gasteiger partial charge in [0.15, 0.2) is 5.82 Å². The van der Waals surface area contributed by atoms with Crippen LogP contribution in [0, 0.1) is 5.41 Å². The van der Waals surface area contributed by atoms with Gasteiger partial charge in [-0.3, -0.25) is 5.41 Å². The first-order valence-electron chi connectivity index (χ1n) is 5.21. The van der Waals surface area contributed by atoms with E-state index in [1.165, 1.54) is 6.20 Å². The number of rotatable bonds is 7. The molecule has 4 N–H and O–H groups in total. The molecular weight excluding hydrogens is 222 g/mol. The van der Waals surface area contributed by atoms with Gasteiger partial charge in [0.05, 0.1) is 25.0 Å². The number of nitrogens with one attached hydrogen (secondary N) is 1. The van der Waals surface area contributed by atoms with Crippen molar-refractivity contribution in [1.82, 2.24) is 10.2 Å². The van der Waals surface area contributed by atoms with E-state index in [4.69, 9.17) is 21.0 Å². The highest BCUT2D eigenvalue weighted by Gasteiger charge is 2.14. The van der Waals surface area contributed by atoms with E-state index in [0.29, 0.717) is 31.1 Å². The van der Waals surface area contributed by atoms with Crippen molar-refractivity contribution in [2.75, 3.05) is 38.3 Å². The third-order valence-electron chi connectivity index (χ3n) is 2.23. The van der Waals surface area contributed by atoms with Gasteiger partial charge in [-0.2, -0.15) is 5.10 Å². The van der Waals surface area contributed by atoms with Crippen LogP contribution < -0.4 is 10.6 Å². The van der Waals surface area contributed by atoms with Crippen LogP contribution in [0.4, 0.5) is 5.82 Å². The second-order valence-corrected chi connectivity index (χ2v) is 3.39. The van der Waals surface area contributed by atoms with Crippen molar-refractivity contribution in [2.24, 2.45) is 5.73 Å². The molecule has 0 aliphatic carbocycles. The summed E-state index contributed by atoms with van der Waals surface area (Å²) >= 11 is 0. The Labute approximate surface area is 99.7 Å². The molecule has 0 unspecified atom stereocenters. The zero-order valence-corrected chi connectivity index (χ0v) is 9.76. The van der Waals surface area contributed by atoms with Gasteiger partial charge in [-0.25, -0.2) is 0 Å². The molecule has 1 heterocycles. The summed E-state index contributed by atoms with van der Waals surface area (Å²) in [5.74, 6) is 0.418. The lowest BCUT2D eigenvalue weighted by molar-refractivity contribution is 0.202. The first-order chi connectivity index (χ1) is 8.20. The molecule has 0 saturated heterocycles. The smallest absolute Gasteiger partial charge is 0.162 e. The minimum absolute atomic E-state index is 0.0162. The van der Waals surface area contributed by atoms with Crippen LogP contribution in [0.1, 0.15) is 5.56 Å². The molecule has 0 aromatic carbocycles. The standard InChI is InChI=1S/C10H17N5O2/c1-17-7-5-15(4-6-16)10-8(9(11)12)2-3-13-14-10/h2-3,16H,4-7H2,1H3,(H3,11,12).